The molecule has 2 aromatic carbocycles. The van der Waals surface area contributed by atoms with Crippen LogP contribution in [0.15, 0.2) is 48.7 Å². The van der Waals surface area contributed by atoms with Crippen LogP contribution in [0.2, 0.25) is 0 Å². The standard InChI is InChI=1S/C19H18N4O/c1-13-8-9-18(24-3)16(10-13)21-12-14(11-20)19-22-15-6-4-5-7-17(15)23(19)2/h4-10,12,21H,1-3H3/b14-12+. The van der Waals surface area contributed by atoms with E-state index < -0.39 is 0 Å². The monoisotopic (exact) mass is 318 g/mol. The zero-order chi connectivity index (χ0) is 17.1. The van der Waals surface area contributed by atoms with Crippen LogP contribution in [-0.4, -0.2) is 16.7 Å². The lowest BCUT2D eigenvalue weighted by Crippen LogP contribution is -1.99. The Bertz CT molecular complexity index is 963. The Labute approximate surface area is 140 Å². The van der Waals surface area contributed by atoms with Crippen molar-refractivity contribution in [2.24, 2.45) is 7.05 Å². The molecule has 3 aromatic rings. The smallest absolute Gasteiger partial charge is 0.153 e. The van der Waals surface area contributed by atoms with Gasteiger partial charge in [-0.3, -0.25) is 0 Å². The predicted octanol–water partition coefficient (Wildman–Crippen LogP) is 3.87. The van der Waals surface area contributed by atoms with Gasteiger partial charge in [-0.05, 0) is 36.8 Å². The van der Waals surface area contributed by atoms with Crippen molar-refractivity contribution in [2.45, 2.75) is 6.92 Å². The predicted molar refractivity (Wildman–Crippen MR) is 95.7 cm³/mol. The fraction of sp³-hybridized carbons (Fsp3) is 0.158. The molecule has 5 heteroatoms. The van der Waals surface area contributed by atoms with E-state index in [-0.39, 0.29) is 0 Å². The van der Waals surface area contributed by atoms with E-state index in [9.17, 15) is 5.26 Å². The Hall–Kier alpha value is -3.26. The molecule has 0 bridgehead atoms. The zero-order valence-electron chi connectivity index (χ0n) is 13.9. The van der Waals surface area contributed by atoms with Crippen LogP contribution in [0.5, 0.6) is 5.75 Å². The summed E-state index contributed by atoms with van der Waals surface area (Å²) in [6.07, 6.45) is 1.67. The van der Waals surface area contributed by atoms with Crippen molar-refractivity contribution in [1.82, 2.24) is 9.55 Å². The third-order valence-corrected chi connectivity index (χ3v) is 3.88. The van der Waals surface area contributed by atoms with Gasteiger partial charge in [-0.25, -0.2) is 4.98 Å². The summed E-state index contributed by atoms with van der Waals surface area (Å²) in [5.74, 6) is 1.34. The number of rotatable bonds is 4. The van der Waals surface area contributed by atoms with Gasteiger partial charge in [-0.1, -0.05) is 18.2 Å². The highest BCUT2D eigenvalue weighted by molar-refractivity contribution is 5.83. The summed E-state index contributed by atoms with van der Waals surface area (Å²) >= 11 is 0. The molecule has 24 heavy (non-hydrogen) atoms. The molecule has 1 heterocycles. The lowest BCUT2D eigenvalue weighted by Gasteiger charge is -2.09. The lowest BCUT2D eigenvalue weighted by atomic mass is 10.2. The average Bonchev–Trinajstić information content (AvgIpc) is 2.93. The summed E-state index contributed by atoms with van der Waals surface area (Å²) in [5, 5.41) is 12.7. The van der Waals surface area contributed by atoms with Crippen LogP contribution in [0.25, 0.3) is 16.6 Å². The topological polar surface area (TPSA) is 62.9 Å². The number of nitrogens with one attached hydrogen (secondary N) is 1. The van der Waals surface area contributed by atoms with Crippen LogP contribution in [0.3, 0.4) is 0 Å². The quantitative estimate of drug-likeness (QED) is 0.742. The molecule has 120 valence electrons. The first-order chi connectivity index (χ1) is 11.6. The number of hydrogen-bond acceptors (Lipinski definition) is 4. The van der Waals surface area contributed by atoms with Gasteiger partial charge >= 0.3 is 0 Å². The number of nitriles is 1. The van der Waals surface area contributed by atoms with Gasteiger partial charge in [0.2, 0.25) is 0 Å². The molecular formula is C19H18N4O. The van der Waals surface area contributed by atoms with Crippen molar-refractivity contribution in [2.75, 3.05) is 12.4 Å². The molecule has 0 saturated heterocycles. The summed E-state index contributed by atoms with van der Waals surface area (Å²) in [4.78, 5) is 4.56. The highest BCUT2D eigenvalue weighted by Crippen LogP contribution is 2.26. The molecule has 0 atom stereocenters. The Balaban J connectivity index is 2.00. The van der Waals surface area contributed by atoms with Crippen molar-refractivity contribution in [3.05, 3.63) is 60.1 Å². The SMILES string of the molecule is COc1ccc(C)cc1N/C=C(\C#N)c1nc2ccccc2n1C. The third kappa shape index (κ3) is 2.82. The van der Waals surface area contributed by atoms with Crippen LogP contribution >= 0.6 is 0 Å². The summed E-state index contributed by atoms with van der Waals surface area (Å²) in [6, 6.07) is 15.9. The Morgan fingerprint density at radius 1 is 1.29 bits per heavy atom. The molecule has 0 fully saturated rings. The molecule has 3 rings (SSSR count). The van der Waals surface area contributed by atoms with E-state index >= 15 is 0 Å². The first-order valence-electron chi connectivity index (χ1n) is 7.57. The Morgan fingerprint density at radius 3 is 2.79 bits per heavy atom. The number of benzene rings is 2. The maximum absolute atomic E-state index is 9.55. The summed E-state index contributed by atoms with van der Waals surface area (Å²) in [6.45, 7) is 2.00. The van der Waals surface area contributed by atoms with Crippen LogP contribution in [-0.2, 0) is 7.05 Å². The number of allylic oxidation sites excluding steroid dienone is 1. The Kier molecular flexibility index (Phi) is 4.21. The van der Waals surface area contributed by atoms with Gasteiger partial charge in [0.25, 0.3) is 0 Å². The summed E-state index contributed by atoms with van der Waals surface area (Å²) in [7, 11) is 3.53. The fourth-order valence-corrected chi connectivity index (χ4v) is 2.62. The molecule has 0 amide bonds. The first kappa shape index (κ1) is 15.6. The number of ether oxygens (including phenoxy) is 1. The largest absolute Gasteiger partial charge is 0.495 e. The van der Waals surface area contributed by atoms with Crippen LogP contribution in [0, 0.1) is 18.3 Å². The van der Waals surface area contributed by atoms with E-state index in [2.05, 4.69) is 16.4 Å². The average molecular weight is 318 g/mol. The lowest BCUT2D eigenvalue weighted by molar-refractivity contribution is 0.416. The van der Waals surface area contributed by atoms with Crippen molar-refractivity contribution >= 4 is 22.3 Å². The van der Waals surface area contributed by atoms with Crippen LogP contribution in [0.4, 0.5) is 5.69 Å². The number of para-hydroxylation sites is 2. The molecule has 0 unspecified atom stereocenters. The minimum Gasteiger partial charge on any atom is -0.495 e. The number of aryl methyl sites for hydroxylation is 2. The minimum atomic E-state index is 0.456. The zero-order valence-corrected chi connectivity index (χ0v) is 13.9. The normalized spacial score (nSPS) is 11.3. The second kappa shape index (κ2) is 6.47. The summed E-state index contributed by atoms with van der Waals surface area (Å²) in [5.41, 5.74) is 4.22. The maximum atomic E-state index is 9.55. The van der Waals surface area contributed by atoms with Gasteiger partial charge < -0.3 is 14.6 Å². The van der Waals surface area contributed by atoms with Gasteiger partial charge in [0.1, 0.15) is 17.4 Å². The van der Waals surface area contributed by atoms with Crippen LogP contribution in [0.1, 0.15) is 11.4 Å². The second-order valence-electron chi connectivity index (χ2n) is 5.50. The molecule has 1 aromatic heterocycles. The Morgan fingerprint density at radius 2 is 2.08 bits per heavy atom. The first-order valence-corrected chi connectivity index (χ1v) is 7.57. The van der Waals surface area contributed by atoms with Gasteiger partial charge in [-0.15, -0.1) is 0 Å². The van der Waals surface area contributed by atoms with Gasteiger partial charge in [0.15, 0.2) is 5.82 Å². The molecule has 0 radical (unpaired) electrons. The molecular weight excluding hydrogens is 300 g/mol. The van der Waals surface area contributed by atoms with Crippen molar-refractivity contribution in [3.63, 3.8) is 0 Å². The molecule has 5 nitrogen and oxygen atoms in total. The van der Waals surface area contributed by atoms with E-state index in [1.807, 2.05) is 61.0 Å². The fourth-order valence-electron chi connectivity index (χ4n) is 2.62. The van der Waals surface area contributed by atoms with E-state index in [0.29, 0.717) is 11.4 Å². The molecule has 0 aliphatic carbocycles. The highest BCUT2D eigenvalue weighted by atomic mass is 16.5. The number of nitrogens with zero attached hydrogens (tertiary/aromatic N) is 3. The number of hydrogen-bond donors (Lipinski definition) is 1. The van der Waals surface area contributed by atoms with Gasteiger partial charge in [-0.2, -0.15) is 5.26 Å². The van der Waals surface area contributed by atoms with Crippen molar-refractivity contribution in [3.8, 4) is 11.8 Å². The molecule has 0 aliphatic rings. The van der Waals surface area contributed by atoms with Gasteiger partial charge in [0.05, 0.1) is 23.8 Å². The summed E-state index contributed by atoms with van der Waals surface area (Å²) < 4.78 is 7.26. The third-order valence-electron chi connectivity index (χ3n) is 3.88. The second-order valence-corrected chi connectivity index (χ2v) is 5.50. The van der Waals surface area contributed by atoms with Crippen LogP contribution < -0.4 is 10.1 Å². The number of anilines is 1. The van der Waals surface area contributed by atoms with Gasteiger partial charge in [0, 0.05) is 13.2 Å². The number of aromatic nitrogens is 2. The molecule has 0 aliphatic heterocycles. The van der Waals surface area contributed by atoms with E-state index in [1.165, 1.54) is 0 Å². The highest BCUT2D eigenvalue weighted by Gasteiger charge is 2.12. The van der Waals surface area contributed by atoms with E-state index in [4.69, 9.17) is 4.74 Å². The number of imidazole rings is 1. The molecule has 0 saturated carbocycles. The molecule has 0 spiro atoms. The number of methoxy groups -OCH3 is 1. The maximum Gasteiger partial charge on any atom is 0.153 e. The number of fused-ring (bicyclic) bond motifs is 1. The minimum absolute atomic E-state index is 0.456. The van der Waals surface area contributed by atoms with E-state index in [1.54, 1.807) is 13.3 Å². The van der Waals surface area contributed by atoms with Crippen molar-refractivity contribution in [1.29, 1.82) is 5.26 Å². The van der Waals surface area contributed by atoms with Crippen molar-refractivity contribution < 1.29 is 4.74 Å². The molecule has 1 N–H and O–H groups in total. The van der Waals surface area contributed by atoms with E-state index in [0.717, 1.165) is 28.0 Å².